The predicted octanol–water partition coefficient (Wildman–Crippen LogP) is 10.0. The van der Waals surface area contributed by atoms with Gasteiger partial charge < -0.3 is 0 Å². The summed E-state index contributed by atoms with van der Waals surface area (Å²) in [7, 11) is 2.79. The monoisotopic (exact) mass is 564 g/mol. The van der Waals surface area contributed by atoms with Gasteiger partial charge in [-0.1, -0.05) is 0 Å². The van der Waals surface area contributed by atoms with Gasteiger partial charge in [0.2, 0.25) is 0 Å². The molecule has 0 unspecified atom stereocenters. The zero-order valence-electron chi connectivity index (χ0n) is 23.0. The third-order valence-corrected chi connectivity index (χ3v) is 16.0. The van der Waals surface area contributed by atoms with E-state index in [0.29, 0.717) is 10.5 Å². The molecule has 0 aliphatic carbocycles. The number of carbonyl (C=O) groups excluding carboxylic acids is 1. The van der Waals surface area contributed by atoms with Gasteiger partial charge in [-0.05, 0) is 0 Å². The number of carboxylic acid groups (broad SMARTS) is 1. The summed E-state index contributed by atoms with van der Waals surface area (Å²) in [5.74, 6) is -1.15. The topological polar surface area (TPSA) is 63.6 Å². The molecule has 0 aromatic heterocycles. The van der Waals surface area contributed by atoms with Crippen LogP contribution < -0.4 is 0 Å². The van der Waals surface area contributed by atoms with Crippen LogP contribution in [-0.2, 0) is 4.52 Å². The van der Waals surface area contributed by atoms with Crippen molar-refractivity contribution in [2.75, 3.05) is 24.6 Å². The first kappa shape index (κ1) is 31.7. The number of carboxylic acids is 1. The fraction of sp³-hybridized carbons (Fsp3) is 0.533. The fourth-order valence-electron chi connectivity index (χ4n) is 4.88. The molecule has 37 heavy (non-hydrogen) atoms. The van der Waals surface area contributed by atoms with Gasteiger partial charge in [-0.2, -0.15) is 0 Å². The van der Waals surface area contributed by atoms with E-state index in [1.807, 2.05) is 30.3 Å². The predicted molar refractivity (Wildman–Crippen MR) is 163 cm³/mol. The van der Waals surface area contributed by atoms with Gasteiger partial charge in [0.25, 0.3) is 0 Å². The van der Waals surface area contributed by atoms with Crippen molar-refractivity contribution in [1.29, 1.82) is 0 Å². The molecule has 0 saturated carbocycles. The van der Waals surface area contributed by atoms with Crippen molar-refractivity contribution in [3.05, 3.63) is 59.7 Å². The molecule has 2 aromatic rings. The summed E-state index contributed by atoms with van der Waals surface area (Å²) >= 11 is 0. The van der Waals surface area contributed by atoms with Crippen molar-refractivity contribution < 1.29 is 19.2 Å². The van der Waals surface area contributed by atoms with Crippen molar-refractivity contribution >= 4 is 40.4 Å². The summed E-state index contributed by atoms with van der Waals surface area (Å²) in [6, 6.07) is 14.6. The first-order chi connectivity index (χ1) is 17.8. The molecule has 0 aliphatic heterocycles. The molecule has 0 radical (unpaired) electrons. The second-order valence-corrected chi connectivity index (χ2v) is 17.9. The Morgan fingerprint density at radius 3 is 1.46 bits per heavy atom. The number of aromatic carboxylic acids is 1. The van der Waals surface area contributed by atoms with Crippen molar-refractivity contribution in [2.45, 2.75) is 88.9 Å². The molecule has 0 fully saturated rings. The Kier molecular flexibility index (Phi) is 13.6. The Morgan fingerprint density at radius 1 is 0.676 bits per heavy atom. The summed E-state index contributed by atoms with van der Waals surface area (Å²) in [5, 5.41) is 9.55. The van der Waals surface area contributed by atoms with Crippen LogP contribution in [0.2, 0.25) is 0 Å². The second kappa shape index (κ2) is 15.8. The van der Waals surface area contributed by atoms with Gasteiger partial charge in [0, 0.05) is 0 Å². The van der Waals surface area contributed by atoms with E-state index in [4.69, 9.17) is 4.52 Å². The van der Waals surface area contributed by atoms with Crippen LogP contribution in [0.3, 0.4) is 0 Å². The molecule has 0 aliphatic rings. The molecular formula is C30H45O4PS2. The van der Waals surface area contributed by atoms with Gasteiger partial charge in [0.15, 0.2) is 0 Å². The summed E-state index contributed by atoms with van der Waals surface area (Å²) in [6.07, 6.45) is 12.9. The number of benzene rings is 2. The molecule has 2 rings (SSSR count). The molecule has 1 N–H and O–H groups in total. The van der Waals surface area contributed by atoms with E-state index < -0.39 is 12.8 Å². The number of hydrogen-bond donors (Lipinski definition) is 1. The van der Waals surface area contributed by atoms with Crippen molar-refractivity contribution in [2.24, 2.45) is 0 Å². The Hall–Kier alpha value is -1.49. The van der Waals surface area contributed by atoms with Crippen LogP contribution in [0, 0.1) is 0 Å². The van der Waals surface area contributed by atoms with E-state index in [9.17, 15) is 14.7 Å². The number of hydrogen-bond acceptors (Lipinski definition) is 5. The Bertz CT molecular complexity index is 967. The summed E-state index contributed by atoms with van der Waals surface area (Å²) in [4.78, 5) is 27.1. The van der Waals surface area contributed by atoms with Crippen LogP contribution in [0.5, 0.6) is 0 Å². The molecule has 0 spiro atoms. The Balaban J connectivity index is 2.43. The average Bonchev–Trinajstić information content (AvgIpc) is 2.92. The van der Waals surface area contributed by atoms with Crippen LogP contribution in [0.4, 0.5) is 0 Å². The SMILES string of the molecule is CCCCP(CCCC)(CCCC)(CCCC)OC(=O)c1ccccc1SSc1ccccc1C(=O)O. The van der Waals surface area contributed by atoms with E-state index in [-0.39, 0.29) is 11.5 Å². The zero-order chi connectivity index (χ0) is 27.2. The van der Waals surface area contributed by atoms with E-state index >= 15 is 0 Å². The van der Waals surface area contributed by atoms with Crippen molar-refractivity contribution in [3.8, 4) is 0 Å². The van der Waals surface area contributed by atoms with Crippen LogP contribution >= 0.6 is 28.4 Å². The van der Waals surface area contributed by atoms with Gasteiger partial charge in [-0.15, -0.1) is 0 Å². The number of carbonyl (C=O) groups is 2. The van der Waals surface area contributed by atoms with E-state index in [1.54, 1.807) is 18.2 Å². The Morgan fingerprint density at radius 2 is 1.05 bits per heavy atom. The quantitative estimate of drug-likeness (QED) is 0.144. The van der Waals surface area contributed by atoms with E-state index in [0.717, 1.165) is 80.9 Å². The van der Waals surface area contributed by atoms with Gasteiger partial charge in [0.1, 0.15) is 0 Å². The number of rotatable bonds is 18. The zero-order valence-corrected chi connectivity index (χ0v) is 25.6. The standard InChI is InChI=1S/C30H45O4PS2/c1-5-9-21-35(22-10-6-2,23-11-7-3,24-12-8-4)34-30(33)26-18-14-16-20-28(26)37-36-27-19-15-13-17-25(27)29(31)32/h13-20H,5-12,21-24H2,1-4H3,(H,31,32). The van der Waals surface area contributed by atoms with Crippen molar-refractivity contribution in [1.82, 2.24) is 0 Å². The average molecular weight is 565 g/mol. The third-order valence-electron chi connectivity index (χ3n) is 7.10. The Labute approximate surface area is 232 Å². The van der Waals surface area contributed by atoms with Gasteiger partial charge in [0.05, 0.1) is 0 Å². The van der Waals surface area contributed by atoms with Crippen LogP contribution in [-0.4, -0.2) is 41.7 Å². The van der Waals surface area contributed by atoms with E-state index in [1.165, 1.54) is 21.6 Å². The summed E-state index contributed by atoms with van der Waals surface area (Å²) < 4.78 is 6.95. The number of unbranched alkanes of at least 4 members (excludes halogenated alkanes) is 4. The maximum absolute atomic E-state index is 14.0. The van der Waals surface area contributed by atoms with Crippen LogP contribution in [0.15, 0.2) is 58.3 Å². The molecule has 2 aromatic carbocycles. The molecule has 0 amide bonds. The van der Waals surface area contributed by atoms with Crippen LogP contribution in [0.25, 0.3) is 0 Å². The fourth-order valence-corrected chi connectivity index (χ4v) is 14.0. The van der Waals surface area contributed by atoms with Crippen molar-refractivity contribution in [3.63, 3.8) is 0 Å². The van der Waals surface area contributed by atoms with Gasteiger partial charge >= 0.3 is 233 Å². The van der Waals surface area contributed by atoms with Crippen LogP contribution in [0.1, 0.15) is 99.8 Å². The molecule has 0 saturated heterocycles. The minimum atomic E-state index is -2.76. The molecular weight excluding hydrogens is 519 g/mol. The molecule has 206 valence electrons. The first-order valence-corrected chi connectivity index (χ1v) is 18.9. The second-order valence-electron chi connectivity index (χ2n) is 10.0. The summed E-state index contributed by atoms with van der Waals surface area (Å²) in [5.41, 5.74) is 0.853. The van der Waals surface area contributed by atoms with Gasteiger partial charge in [-0.3, -0.25) is 0 Å². The minimum absolute atomic E-state index is 0.202. The maximum atomic E-state index is 14.0. The molecule has 0 heterocycles. The molecule has 4 nitrogen and oxygen atoms in total. The van der Waals surface area contributed by atoms with E-state index in [2.05, 4.69) is 27.7 Å². The molecule has 0 atom stereocenters. The molecule has 7 heteroatoms. The normalized spacial score (nSPS) is 12.6. The molecule has 0 bridgehead atoms. The third kappa shape index (κ3) is 9.04. The summed E-state index contributed by atoms with van der Waals surface area (Å²) in [6.45, 7) is 6.15. The van der Waals surface area contributed by atoms with Gasteiger partial charge in [-0.25, -0.2) is 0 Å². The first-order valence-electron chi connectivity index (χ1n) is 13.8.